The zero-order valence-electron chi connectivity index (χ0n) is 16.6. The van der Waals surface area contributed by atoms with Gasteiger partial charge < -0.3 is 19.5 Å². The third-order valence-electron chi connectivity index (χ3n) is 5.07. The number of thiophene rings is 1. The van der Waals surface area contributed by atoms with Gasteiger partial charge in [-0.05, 0) is 53.4 Å². The Morgan fingerprint density at radius 3 is 2.58 bits per heavy atom. The van der Waals surface area contributed by atoms with Crippen molar-refractivity contribution >= 4 is 34.4 Å². The highest BCUT2D eigenvalue weighted by Gasteiger charge is 2.39. The van der Waals surface area contributed by atoms with E-state index in [1.54, 1.807) is 43.5 Å². The Kier molecular flexibility index (Phi) is 4.83. The van der Waals surface area contributed by atoms with Crippen LogP contribution in [0.4, 0.5) is 5.69 Å². The normalized spacial score (nSPS) is 15.1. The van der Waals surface area contributed by atoms with Crippen molar-refractivity contribution < 1.29 is 23.8 Å². The number of nitrogens with one attached hydrogen (secondary N) is 1. The van der Waals surface area contributed by atoms with E-state index in [0.717, 1.165) is 10.4 Å². The largest absolute Gasteiger partial charge is 0.497 e. The van der Waals surface area contributed by atoms with Gasteiger partial charge in [0.05, 0.1) is 19.2 Å². The third-order valence-corrected chi connectivity index (χ3v) is 5.96. The summed E-state index contributed by atoms with van der Waals surface area (Å²) in [5.74, 6) is 1.26. The van der Waals surface area contributed by atoms with Crippen LogP contribution in [0.2, 0.25) is 0 Å². The molecule has 2 aliphatic rings. The first-order chi connectivity index (χ1) is 15.1. The molecule has 2 amide bonds. The number of ether oxygens (including phenoxy) is 3. The highest BCUT2D eigenvalue weighted by atomic mass is 32.1. The lowest BCUT2D eigenvalue weighted by Gasteiger charge is -2.15. The van der Waals surface area contributed by atoms with Crippen LogP contribution in [0.1, 0.15) is 10.4 Å². The minimum atomic E-state index is -0.373. The van der Waals surface area contributed by atoms with E-state index in [4.69, 9.17) is 14.2 Å². The second-order valence-corrected chi connectivity index (χ2v) is 7.91. The number of carbonyl (C=O) groups is 2. The van der Waals surface area contributed by atoms with Gasteiger partial charge in [0.15, 0.2) is 11.5 Å². The van der Waals surface area contributed by atoms with Crippen LogP contribution in [-0.2, 0) is 16.1 Å². The number of anilines is 1. The Morgan fingerprint density at radius 1 is 1.03 bits per heavy atom. The summed E-state index contributed by atoms with van der Waals surface area (Å²) in [4.78, 5) is 28.6. The number of hydrogen-bond acceptors (Lipinski definition) is 7. The molecule has 0 spiro atoms. The van der Waals surface area contributed by atoms with Crippen molar-refractivity contribution in [3.05, 3.63) is 76.1 Å². The van der Waals surface area contributed by atoms with Gasteiger partial charge in [-0.2, -0.15) is 0 Å². The number of benzene rings is 2. The first kappa shape index (κ1) is 19.2. The average Bonchev–Trinajstić information content (AvgIpc) is 3.52. The number of fused-ring (bicyclic) bond motifs is 1. The number of amides is 2. The lowest BCUT2D eigenvalue weighted by atomic mass is 10.1. The molecule has 1 N–H and O–H groups in total. The van der Waals surface area contributed by atoms with E-state index in [2.05, 4.69) is 5.32 Å². The predicted octanol–water partition coefficient (Wildman–Crippen LogP) is 3.88. The van der Waals surface area contributed by atoms with E-state index in [1.165, 1.54) is 16.2 Å². The average molecular weight is 434 g/mol. The van der Waals surface area contributed by atoms with Gasteiger partial charge in [-0.25, -0.2) is 0 Å². The van der Waals surface area contributed by atoms with Gasteiger partial charge in [0.1, 0.15) is 11.4 Å². The van der Waals surface area contributed by atoms with E-state index in [9.17, 15) is 9.59 Å². The zero-order valence-corrected chi connectivity index (χ0v) is 17.4. The topological polar surface area (TPSA) is 77.1 Å². The van der Waals surface area contributed by atoms with Crippen LogP contribution in [-0.4, -0.2) is 30.6 Å². The molecule has 8 heteroatoms. The van der Waals surface area contributed by atoms with Gasteiger partial charge in [0, 0.05) is 10.6 Å². The second-order valence-electron chi connectivity index (χ2n) is 6.96. The molecule has 2 aliphatic heterocycles. The fourth-order valence-electron chi connectivity index (χ4n) is 3.53. The molecule has 0 radical (unpaired) electrons. The molecule has 7 nitrogen and oxygen atoms in total. The standard InChI is InChI=1S/C23H18N2O5S/c1-28-16-7-5-15(6-8-16)24-21-20(19-3-2-10-31-19)22(26)25(23(21)27)12-14-4-9-17-18(11-14)30-13-29-17/h2-11,24H,12-13H2,1H3. The molecule has 0 bridgehead atoms. The predicted molar refractivity (Wildman–Crippen MR) is 116 cm³/mol. The van der Waals surface area contributed by atoms with E-state index in [-0.39, 0.29) is 30.8 Å². The van der Waals surface area contributed by atoms with Crippen LogP contribution >= 0.6 is 11.3 Å². The van der Waals surface area contributed by atoms with Crippen LogP contribution in [0.25, 0.3) is 5.57 Å². The lowest BCUT2D eigenvalue weighted by molar-refractivity contribution is -0.137. The number of methoxy groups -OCH3 is 1. The van der Waals surface area contributed by atoms with Gasteiger partial charge in [-0.15, -0.1) is 11.3 Å². The van der Waals surface area contributed by atoms with Crippen molar-refractivity contribution in [1.82, 2.24) is 4.90 Å². The molecule has 3 aromatic rings. The monoisotopic (exact) mass is 434 g/mol. The van der Waals surface area contributed by atoms with Gasteiger partial charge in [0.2, 0.25) is 6.79 Å². The van der Waals surface area contributed by atoms with E-state index < -0.39 is 0 Å². The number of nitrogens with zero attached hydrogens (tertiary/aromatic N) is 1. The van der Waals surface area contributed by atoms with E-state index >= 15 is 0 Å². The number of hydrogen-bond donors (Lipinski definition) is 1. The molecule has 1 aromatic heterocycles. The summed E-state index contributed by atoms with van der Waals surface area (Å²) in [6.07, 6.45) is 0. The molecule has 0 aliphatic carbocycles. The van der Waals surface area contributed by atoms with Crippen LogP contribution < -0.4 is 19.5 Å². The number of rotatable bonds is 6. The molecule has 3 heterocycles. The summed E-state index contributed by atoms with van der Waals surface area (Å²) in [5.41, 5.74) is 2.10. The molecular formula is C23H18N2O5S. The Labute approximate surface area is 182 Å². The molecule has 0 atom stereocenters. The Hall–Kier alpha value is -3.78. The maximum absolute atomic E-state index is 13.3. The van der Waals surface area contributed by atoms with Gasteiger partial charge in [-0.1, -0.05) is 12.1 Å². The molecular weight excluding hydrogens is 416 g/mol. The highest BCUT2D eigenvalue weighted by molar-refractivity contribution is 7.11. The Balaban J connectivity index is 1.46. The van der Waals surface area contributed by atoms with Crippen molar-refractivity contribution in [2.24, 2.45) is 0 Å². The lowest BCUT2D eigenvalue weighted by Crippen LogP contribution is -2.31. The van der Waals surface area contributed by atoms with Crippen molar-refractivity contribution in [2.75, 3.05) is 19.2 Å². The van der Waals surface area contributed by atoms with Gasteiger partial charge >= 0.3 is 0 Å². The van der Waals surface area contributed by atoms with E-state index in [0.29, 0.717) is 28.5 Å². The molecule has 156 valence electrons. The summed E-state index contributed by atoms with van der Waals surface area (Å²) in [7, 11) is 1.59. The van der Waals surface area contributed by atoms with Crippen LogP contribution in [0.15, 0.2) is 65.7 Å². The van der Waals surface area contributed by atoms with Crippen LogP contribution in [0, 0.1) is 0 Å². The molecule has 0 saturated carbocycles. The molecule has 31 heavy (non-hydrogen) atoms. The molecule has 2 aromatic carbocycles. The third kappa shape index (κ3) is 3.51. The van der Waals surface area contributed by atoms with Crippen molar-refractivity contribution in [2.45, 2.75) is 6.54 Å². The SMILES string of the molecule is COc1ccc(NC2=C(c3cccs3)C(=O)N(Cc3ccc4c(c3)OCO4)C2=O)cc1. The highest BCUT2D eigenvalue weighted by Crippen LogP contribution is 2.36. The minimum absolute atomic E-state index is 0.136. The van der Waals surface area contributed by atoms with Crippen molar-refractivity contribution in [3.8, 4) is 17.2 Å². The van der Waals surface area contributed by atoms with E-state index in [1.807, 2.05) is 23.6 Å². The molecule has 5 rings (SSSR count). The fourth-order valence-corrected chi connectivity index (χ4v) is 4.29. The van der Waals surface area contributed by atoms with Crippen LogP contribution in [0.5, 0.6) is 17.2 Å². The summed E-state index contributed by atoms with van der Waals surface area (Å²) in [6.45, 7) is 0.303. The maximum atomic E-state index is 13.3. The molecule has 0 fully saturated rings. The fraction of sp³-hybridized carbons (Fsp3) is 0.130. The number of imide groups is 1. The van der Waals surface area contributed by atoms with Gasteiger partial charge in [0.25, 0.3) is 11.8 Å². The Morgan fingerprint density at radius 2 is 1.84 bits per heavy atom. The second kappa shape index (κ2) is 7.81. The first-order valence-corrected chi connectivity index (χ1v) is 10.5. The summed E-state index contributed by atoms with van der Waals surface area (Å²) in [5, 5.41) is 5.02. The van der Waals surface area contributed by atoms with Crippen molar-refractivity contribution in [1.29, 1.82) is 0 Å². The summed E-state index contributed by atoms with van der Waals surface area (Å²) < 4.78 is 15.9. The van der Waals surface area contributed by atoms with Crippen molar-refractivity contribution in [3.63, 3.8) is 0 Å². The molecule has 0 saturated heterocycles. The minimum Gasteiger partial charge on any atom is -0.497 e. The van der Waals surface area contributed by atoms with Gasteiger partial charge in [-0.3, -0.25) is 14.5 Å². The Bertz CT molecular complexity index is 1190. The summed E-state index contributed by atoms with van der Waals surface area (Å²) >= 11 is 1.42. The molecule has 0 unspecified atom stereocenters. The first-order valence-electron chi connectivity index (χ1n) is 9.58. The smallest absolute Gasteiger partial charge is 0.278 e. The zero-order chi connectivity index (χ0) is 21.4. The quantitative estimate of drug-likeness (QED) is 0.594. The maximum Gasteiger partial charge on any atom is 0.278 e. The van der Waals surface area contributed by atoms with Crippen LogP contribution in [0.3, 0.4) is 0 Å². The number of carbonyl (C=O) groups excluding carboxylic acids is 2. The summed E-state index contributed by atoms with van der Waals surface area (Å²) in [6, 6.07) is 16.3.